The van der Waals surface area contributed by atoms with Crippen LogP contribution in [0.1, 0.15) is 20.3 Å². The van der Waals surface area contributed by atoms with Gasteiger partial charge >= 0.3 is 6.03 Å². The predicted octanol–water partition coefficient (Wildman–Crippen LogP) is 5.05. The summed E-state index contributed by atoms with van der Waals surface area (Å²) < 4.78 is 10.5. The normalized spacial score (nSPS) is 12.4. The van der Waals surface area contributed by atoms with E-state index >= 15 is 0 Å². The van der Waals surface area contributed by atoms with Gasteiger partial charge in [0.15, 0.2) is 0 Å². The number of amides is 3. The Morgan fingerprint density at radius 3 is 2.26 bits per heavy atom. The molecule has 1 aromatic heterocycles. The average molecular weight is 504 g/mol. The van der Waals surface area contributed by atoms with E-state index in [4.69, 9.17) is 21.1 Å². The third-order valence-corrected chi connectivity index (χ3v) is 6.28. The average Bonchev–Trinajstić information content (AvgIpc) is 3.30. The van der Waals surface area contributed by atoms with E-state index in [0.29, 0.717) is 38.8 Å². The highest BCUT2D eigenvalue weighted by atomic mass is 35.5. The zero-order valence-electron chi connectivity index (χ0n) is 19.2. The Bertz CT molecular complexity index is 1120. The fourth-order valence-electron chi connectivity index (χ4n) is 3.06. The summed E-state index contributed by atoms with van der Waals surface area (Å²) >= 11 is 7.17. The maximum atomic E-state index is 13.0. The molecule has 2 atom stereocenters. The number of hydrogen-bond donors (Lipinski definition) is 3. The predicted molar refractivity (Wildman–Crippen MR) is 134 cm³/mol. The molecular weight excluding hydrogens is 478 g/mol. The summed E-state index contributed by atoms with van der Waals surface area (Å²) in [5, 5.41) is 18.0. The number of carbonyl (C=O) groups excluding carboxylic acids is 2. The van der Waals surface area contributed by atoms with Crippen LogP contribution in [0.2, 0.25) is 5.02 Å². The number of rotatable bonds is 9. The molecule has 0 saturated carbocycles. The second kappa shape index (κ2) is 11.7. The molecule has 3 amide bonds. The standard InChI is InChI=1S/C23H26ClN5O4S/c1-5-13(2)19(26-22(31)25-16-10-17(32-3)12-18(11-16)33-4)20(30)27-23-29-28-21(34-23)14-6-8-15(24)9-7-14/h6-13,19H,5H2,1-4H3,(H2,25,26,31)(H,27,29,30)/t13-,19+/m1/s1. The van der Waals surface area contributed by atoms with Crippen LogP contribution < -0.4 is 25.4 Å². The van der Waals surface area contributed by atoms with Crippen LogP contribution in [0.4, 0.5) is 15.6 Å². The Kier molecular flexibility index (Phi) is 8.67. The van der Waals surface area contributed by atoms with Gasteiger partial charge in [-0.15, -0.1) is 10.2 Å². The Hall–Kier alpha value is -3.37. The first-order valence-corrected chi connectivity index (χ1v) is 11.7. The minimum Gasteiger partial charge on any atom is -0.497 e. The third kappa shape index (κ3) is 6.58. The van der Waals surface area contributed by atoms with E-state index < -0.39 is 12.1 Å². The first kappa shape index (κ1) is 25.3. The van der Waals surface area contributed by atoms with E-state index in [-0.39, 0.29) is 11.8 Å². The van der Waals surface area contributed by atoms with Crippen molar-refractivity contribution in [3.8, 4) is 22.1 Å². The van der Waals surface area contributed by atoms with Gasteiger partial charge in [-0.25, -0.2) is 4.79 Å². The van der Waals surface area contributed by atoms with Crippen molar-refractivity contribution in [2.75, 3.05) is 24.9 Å². The number of anilines is 2. The van der Waals surface area contributed by atoms with E-state index in [1.54, 1.807) is 30.3 Å². The molecule has 1 heterocycles. The summed E-state index contributed by atoms with van der Waals surface area (Å²) in [5.41, 5.74) is 1.31. The first-order chi connectivity index (χ1) is 16.3. The number of nitrogens with zero attached hydrogens (tertiary/aromatic N) is 2. The maximum absolute atomic E-state index is 13.0. The van der Waals surface area contributed by atoms with Crippen molar-refractivity contribution in [3.63, 3.8) is 0 Å². The third-order valence-electron chi connectivity index (χ3n) is 5.14. The zero-order valence-corrected chi connectivity index (χ0v) is 20.8. The number of carbonyl (C=O) groups is 2. The highest BCUT2D eigenvalue weighted by Gasteiger charge is 2.27. The highest BCUT2D eigenvalue weighted by molar-refractivity contribution is 7.18. The molecule has 0 unspecified atom stereocenters. The molecule has 9 nitrogen and oxygen atoms in total. The van der Waals surface area contributed by atoms with Crippen LogP contribution in [0.5, 0.6) is 11.5 Å². The van der Waals surface area contributed by atoms with Gasteiger partial charge in [0.2, 0.25) is 11.0 Å². The van der Waals surface area contributed by atoms with Crippen molar-refractivity contribution in [2.45, 2.75) is 26.3 Å². The van der Waals surface area contributed by atoms with Crippen LogP contribution in [0, 0.1) is 5.92 Å². The van der Waals surface area contributed by atoms with Gasteiger partial charge in [0.1, 0.15) is 22.5 Å². The molecule has 3 aromatic rings. The van der Waals surface area contributed by atoms with Gasteiger partial charge in [-0.1, -0.05) is 55.3 Å². The fourth-order valence-corrected chi connectivity index (χ4v) is 3.93. The van der Waals surface area contributed by atoms with Crippen molar-refractivity contribution >= 4 is 45.7 Å². The van der Waals surface area contributed by atoms with Crippen LogP contribution in [0.25, 0.3) is 10.6 Å². The lowest BCUT2D eigenvalue weighted by Gasteiger charge is -2.23. The van der Waals surface area contributed by atoms with Gasteiger partial charge in [-0.2, -0.15) is 0 Å². The maximum Gasteiger partial charge on any atom is 0.319 e. The summed E-state index contributed by atoms with van der Waals surface area (Å²) in [6.07, 6.45) is 0.678. The lowest BCUT2D eigenvalue weighted by atomic mass is 9.98. The van der Waals surface area contributed by atoms with Crippen LogP contribution in [0.3, 0.4) is 0 Å². The molecule has 0 radical (unpaired) electrons. The summed E-state index contributed by atoms with van der Waals surface area (Å²) in [4.78, 5) is 25.7. The summed E-state index contributed by atoms with van der Waals surface area (Å²) in [7, 11) is 3.04. The molecule has 3 N–H and O–H groups in total. The van der Waals surface area contributed by atoms with Crippen molar-refractivity contribution < 1.29 is 19.1 Å². The summed E-state index contributed by atoms with van der Waals surface area (Å²) in [6, 6.07) is 10.9. The Morgan fingerprint density at radius 2 is 1.68 bits per heavy atom. The number of hydrogen-bond acceptors (Lipinski definition) is 7. The van der Waals surface area contributed by atoms with Crippen molar-refractivity contribution in [1.82, 2.24) is 15.5 Å². The fraction of sp³-hybridized carbons (Fsp3) is 0.304. The summed E-state index contributed by atoms with van der Waals surface area (Å²) in [6.45, 7) is 3.83. The number of aromatic nitrogens is 2. The second-order valence-electron chi connectivity index (χ2n) is 7.47. The number of ether oxygens (including phenoxy) is 2. The van der Waals surface area contributed by atoms with E-state index in [9.17, 15) is 9.59 Å². The SMILES string of the molecule is CC[C@@H](C)[C@H](NC(=O)Nc1cc(OC)cc(OC)c1)C(=O)Nc1nnc(-c2ccc(Cl)cc2)s1. The molecule has 0 bridgehead atoms. The minimum atomic E-state index is -0.791. The molecule has 0 aliphatic carbocycles. The smallest absolute Gasteiger partial charge is 0.319 e. The van der Waals surface area contributed by atoms with Gasteiger partial charge in [0, 0.05) is 34.5 Å². The number of urea groups is 1. The Balaban J connectivity index is 1.69. The number of benzene rings is 2. The lowest BCUT2D eigenvalue weighted by Crippen LogP contribution is -2.49. The van der Waals surface area contributed by atoms with Gasteiger partial charge in [0.25, 0.3) is 0 Å². The quantitative estimate of drug-likeness (QED) is 0.376. The number of nitrogens with one attached hydrogen (secondary N) is 3. The van der Waals surface area contributed by atoms with Crippen molar-refractivity contribution in [1.29, 1.82) is 0 Å². The Morgan fingerprint density at radius 1 is 1.03 bits per heavy atom. The van der Waals surface area contributed by atoms with Gasteiger partial charge < -0.3 is 20.1 Å². The Labute approximate surface area is 206 Å². The molecule has 0 aliphatic heterocycles. The van der Waals surface area contributed by atoms with E-state index in [1.165, 1.54) is 25.6 Å². The molecular formula is C23H26ClN5O4S. The largest absolute Gasteiger partial charge is 0.497 e. The topological polar surface area (TPSA) is 114 Å². The van der Waals surface area contributed by atoms with Crippen molar-refractivity contribution in [3.05, 3.63) is 47.5 Å². The zero-order chi connectivity index (χ0) is 24.7. The second-order valence-corrected chi connectivity index (χ2v) is 8.89. The number of methoxy groups -OCH3 is 2. The monoisotopic (exact) mass is 503 g/mol. The van der Waals surface area contributed by atoms with Gasteiger partial charge in [0.05, 0.1) is 14.2 Å². The summed E-state index contributed by atoms with van der Waals surface area (Å²) in [5.74, 6) is 0.540. The van der Waals surface area contributed by atoms with Crippen LogP contribution in [-0.4, -0.2) is 42.4 Å². The van der Waals surface area contributed by atoms with Gasteiger partial charge in [-0.05, 0) is 18.1 Å². The van der Waals surface area contributed by atoms with E-state index in [2.05, 4.69) is 26.1 Å². The molecule has 0 spiro atoms. The molecule has 0 aliphatic rings. The molecule has 2 aromatic carbocycles. The van der Waals surface area contributed by atoms with Crippen molar-refractivity contribution in [2.24, 2.45) is 5.92 Å². The van der Waals surface area contributed by atoms with Crippen LogP contribution >= 0.6 is 22.9 Å². The first-order valence-electron chi connectivity index (χ1n) is 10.5. The van der Waals surface area contributed by atoms with Crippen LogP contribution in [0.15, 0.2) is 42.5 Å². The molecule has 180 valence electrons. The number of halogens is 1. The van der Waals surface area contributed by atoms with E-state index in [0.717, 1.165) is 5.56 Å². The van der Waals surface area contributed by atoms with Crippen LogP contribution in [-0.2, 0) is 4.79 Å². The molecule has 0 fully saturated rings. The molecule has 0 saturated heterocycles. The molecule has 3 rings (SSSR count). The lowest BCUT2D eigenvalue weighted by molar-refractivity contribution is -0.119. The van der Waals surface area contributed by atoms with E-state index in [1.807, 2.05) is 26.0 Å². The molecule has 11 heteroatoms. The van der Waals surface area contributed by atoms with Gasteiger partial charge in [-0.3, -0.25) is 10.1 Å². The minimum absolute atomic E-state index is 0.130. The molecule has 34 heavy (non-hydrogen) atoms. The highest BCUT2D eigenvalue weighted by Crippen LogP contribution is 2.28.